The Morgan fingerprint density at radius 1 is 1.04 bits per heavy atom. The molecule has 7 heteroatoms. The maximum absolute atomic E-state index is 13.3. The number of aryl methyl sites for hydroxylation is 1. The number of aromatic nitrogens is 1. The minimum Gasteiger partial charge on any atom is -0.465 e. The molecule has 1 aromatic heterocycles. The Labute approximate surface area is 153 Å². The number of hydrogen-bond donors (Lipinski definition) is 0. The monoisotopic (exact) mass is 371 g/mol. The number of para-hydroxylation sites is 1. The van der Waals surface area contributed by atoms with Crippen LogP contribution in [0.4, 0.5) is 8.78 Å². The second-order valence-corrected chi connectivity index (χ2v) is 5.77. The van der Waals surface area contributed by atoms with Crippen molar-refractivity contribution in [3.63, 3.8) is 0 Å². The van der Waals surface area contributed by atoms with E-state index in [1.165, 1.54) is 7.11 Å². The number of rotatable bonds is 4. The molecule has 0 aliphatic rings. The molecule has 0 aliphatic heterocycles. The van der Waals surface area contributed by atoms with Crippen molar-refractivity contribution in [2.45, 2.75) is 13.5 Å². The maximum Gasteiger partial charge on any atom is 0.340 e. The predicted molar refractivity (Wildman–Crippen MR) is 93.3 cm³/mol. The molecule has 3 aromatic rings. The minimum absolute atomic E-state index is 0.147. The molecule has 0 saturated carbocycles. The van der Waals surface area contributed by atoms with Gasteiger partial charge in [-0.15, -0.1) is 0 Å². The summed E-state index contributed by atoms with van der Waals surface area (Å²) in [5.41, 5.74) is 1.54. The molecule has 0 N–H and O–H groups in total. The quantitative estimate of drug-likeness (QED) is 0.650. The van der Waals surface area contributed by atoms with Gasteiger partial charge in [-0.1, -0.05) is 18.2 Å². The Morgan fingerprint density at radius 2 is 1.78 bits per heavy atom. The van der Waals surface area contributed by atoms with Crippen molar-refractivity contribution >= 4 is 22.8 Å². The number of methoxy groups -OCH3 is 1. The molecule has 0 saturated heterocycles. The van der Waals surface area contributed by atoms with Crippen LogP contribution in [0.15, 0.2) is 42.5 Å². The number of hydrogen-bond acceptors (Lipinski definition) is 5. The van der Waals surface area contributed by atoms with Crippen LogP contribution in [0.3, 0.4) is 0 Å². The van der Waals surface area contributed by atoms with E-state index in [1.54, 1.807) is 19.1 Å². The molecule has 0 fully saturated rings. The van der Waals surface area contributed by atoms with Crippen LogP contribution in [0.2, 0.25) is 0 Å². The zero-order valence-corrected chi connectivity index (χ0v) is 14.6. The highest BCUT2D eigenvalue weighted by molar-refractivity contribution is 5.98. The molecule has 0 atom stereocenters. The number of ether oxygens (including phenoxy) is 2. The first-order valence-electron chi connectivity index (χ1n) is 8.01. The van der Waals surface area contributed by atoms with Gasteiger partial charge in [0.25, 0.3) is 0 Å². The smallest absolute Gasteiger partial charge is 0.340 e. The van der Waals surface area contributed by atoms with Gasteiger partial charge in [-0.2, -0.15) is 0 Å². The first-order valence-corrected chi connectivity index (χ1v) is 8.01. The summed E-state index contributed by atoms with van der Waals surface area (Å²) in [4.78, 5) is 28.7. The normalized spacial score (nSPS) is 10.7. The van der Waals surface area contributed by atoms with E-state index < -0.39 is 23.6 Å². The number of pyridine rings is 1. The molecule has 0 aliphatic carbocycles. The molecule has 0 bridgehead atoms. The van der Waals surface area contributed by atoms with Crippen molar-refractivity contribution in [3.05, 3.63) is 76.5 Å². The Balaban J connectivity index is 1.94. The largest absolute Gasteiger partial charge is 0.465 e. The summed E-state index contributed by atoms with van der Waals surface area (Å²) in [5, 5.41) is 0.772. The fraction of sp³-hybridized carbons (Fsp3) is 0.150. The number of fused-ring (bicyclic) bond motifs is 1. The standard InChI is InChI=1S/C20H15F2NO4/c1-11-13-5-3-4-6-16(13)23-17(18(11)20(25)26-2)10-27-19(24)12-7-8-14(21)15(22)9-12/h3-9H,10H2,1-2H3. The van der Waals surface area contributed by atoms with Gasteiger partial charge in [0.05, 0.1) is 29.4 Å². The molecule has 0 radical (unpaired) electrons. The van der Waals surface area contributed by atoms with Crippen LogP contribution >= 0.6 is 0 Å². The molecule has 1 heterocycles. The van der Waals surface area contributed by atoms with Crippen molar-refractivity contribution in [2.24, 2.45) is 0 Å². The maximum atomic E-state index is 13.3. The Kier molecular flexibility index (Phi) is 5.12. The van der Waals surface area contributed by atoms with Crippen LogP contribution in [-0.2, 0) is 16.1 Å². The number of carbonyl (C=O) groups is 2. The van der Waals surface area contributed by atoms with Gasteiger partial charge in [0.2, 0.25) is 0 Å². The third-order valence-corrected chi connectivity index (χ3v) is 4.11. The van der Waals surface area contributed by atoms with E-state index in [4.69, 9.17) is 9.47 Å². The van der Waals surface area contributed by atoms with Gasteiger partial charge in [0.1, 0.15) is 6.61 Å². The average Bonchev–Trinajstić information content (AvgIpc) is 2.67. The molecule has 5 nitrogen and oxygen atoms in total. The molecule has 0 amide bonds. The summed E-state index contributed by atoms with van der Waals surface area (Å²) in [6.45, 7) is 1.42. The predicted octanol–water partition coefficient (Wildman–Crippen LogP) is 3.97. The third kappa shape index (κ3) is 3.62. The van der Waals surface area contributed by atoms with E-state index in [0.29, 0.717) is 11.1 Å². The zero-order chi connectivity index (χ0) is 19.6. The van der Waals surface area contributed by atoms with Gasteiger partial charge in [0.15, 0.2) is 11.6 Å². The second kappa shape index (κ2) is 7.49. The molecule has 3 rings (SSSR count). The minimum atomic E-state index is -1.15. The number of nitrogens with zero attached hydrogens (tertiary/aromatic N) is 1. The van der Waals surface area contributed by atoms with Crippen LogP contribution in [0.5, 0.6) is 0 Å². The number of halogens is 2. The summed E-state index contributed by atoms with van der Waals surface area (Å²) in [7, 11) is 1.24. The second-order valence-electron chi connectivity index (χ2n) is 5.77. The average molecular weight is 371 g/mol. The van der Waals surface area contributed by atoms with Crippen molar-refractivity contribution in [1.82, 2.24) is 4.98 Å². The lowest BCUT2D eigenvalue weighted by Crippen LogP contribution is -2.14. The van der Waals surface area contributed by atoms with Gasteiger partial charge in [-0.25, -0.2) is 23.4 Å². The fourth-order valence-corrected chi connectivity index (χ4v) is 2.76. The van der Waals surface area contributed by atoms with Crippen molar-refractivity contribution in [2.75, 3.05) is 7.11 Å². The Bertz CT molecular complexity index is 1050. The molecule has 27 heavy (non-hydrogen) atoms. The highest BCUT2D eigenvalue weighted by atomic mass is 19.2. The molecule has 0 unspecified atom stereocenters. The number of esters is 2. The fourth-order valence-electron chi connectivity index (χ4n) is 2.76. The lowest BCUT2D eigenvalue weighted by atomic mass is 10.0. The molecule has 0 spiro atoms. The summed E-state index contributed by atoms with van der Waals surface area (Å²) in [6, 6.07) is 9.90. The van der Waals surface area contributed by atoms with Gasteiger partial charge >= 0.3 is 11.9 Å². The molecular weight excluding hydrogens is 356 g/mol. The Hall–Kier alpha value is -3.35. The van der Waals surface area contributed by atoms with Crippen molar-refractivity contribution in [1.29, 1.82) is 0 Å². The summed E-state index contributed by atoms with van der Waals surface area (Å²) >= 11 is 0. The highest BCUT2D eigenvalue weighted by Crippen LogP contribution is 2.24. The SMILES string of the molecule is COC(=O)c1c(COC(=O)c2ccc(F)c(F)c2)nc2ccccc2c1C. The van der Waals surface area contributed by atoms with Crippen molar-refractivity contribution < 1.29 is 27.8 Å². The van der Waals surface area contributed by atoms with Crippen LogP contribution in [-0.4, -0.2) is 24.0 Å². The molecular formula is C20H15F2NO4. The summed E-state index contributed by atoms with van der Waals surface area (Å²) in [6.07, 6.45) is 0. The third-order valence-electron chi connectivity index (χ3n) is 4.11. The number of benzene rings is 2. The Morgan fingerprint density at radius 3 is 2.48 bits per heavy atom. The topological polar surface area (TPSA) is 65.5 Å². The van der Waals surface area contributed by atoms with Crippen LogP contribution in [0, 0.1) is 18.6 Å². The lowest BCUT2D eigenvalue weighted by Gasteiger charge is -2.13. The van der Waals surface area contributed by atoms with E-state index in [9.17, 15) is 18.4 Å². The van der Waals surface area contributed by atoms with Crippen LogP contribution in [0.25, 0.3) is 10.9 Å². The van der Waals surface area contributed by atoms with Gasteiger partial charge in [-0.05, 0) is 36.8 Å². The van der Waals surface area contributed by atoms with Crippen molar-refractivity contribution in [3.8, 4) is 0 Å². The van der Waals surface area contributed by atoms with E-state index in [-0.39, 0.29) is 23.4 Å². The lowest BCUT2D eigenvalue weighted by molar-refractivity contribution is 0.0455. The van der Waals surface area contributed by atoms with Gasteiger partial charge in [-0.3, -0.25) is 0 Å². The molecule has 2 aromatic carbocycles. The highest BCUT2D eigenvalue weighted by Gasteiger charge is 2.21. The van der Waals surface area contributed by atoms with E-state index >= 15 is 0 Å². The number of carbonyl (C=O) groups excluding carboxylic acids is 2. The van der Waals surface area contributed by atoms with E-state index in [0.717, 1.165) is 23.6 Å². The summed E-state index contributed by atoms with van der Waals surface area (Å²) < 4.78 is 36.3. The van der Waals surface area contributed by atoms with Crippen LogP contribution < -0.4 is 0 Å². The first kappa shape index (κ1) is 18.4. The molecule has 138 valence electrons. The van der Waals surface area contributed by atoms with E-state index in [1.807, 2.05) is 12.1 Å². The van der Waals surface area contributed by atoms with Gasteiger partial charge in [0, 0.05) is 5.39 Å². The van der Waals surface area contributed by atoms with Gasteiger partial charge < -0.3 is 9.47 Å². The summed E-state index contributed by atoms with van der Waals surface area (Å²) in [5.74, 6) is -3.69. The van der Waals surface area contributed by atoms with Crippen LogP contribution in [0.1, 0.15) is 32.0 Å². The zero-order valence-electron chi connectivity index (χ0n) is 14.6. The van der Waals surface area contributed by atoms with E-state index in [2.05, 4.69) is 4.98 Å². The first-order chi connectivity index (χ1) is 12.9.